The molecule has 4 aliphatic rings. The third kappa shape index (κ3) is 0.570. The average Bonchev–Trinajstić information content (AvgIpc) is 1.82. The zero-order valence-electron chi connectivity index (χ0n) is 6.14. The highest BCUT2D eigenvalue weighted by atomic mass is 14.4. The zero-order chi connectivity index (χ0) is 6.55. The lowest BCUT2D eigenvalue weighted by Crippen LogP contribution is -2.24. The van der Waals surface area contributed by atoms with Crippen molar-refractivity contribution in [3.8, 4) is 0 Å². The Kier molecular flexibility index (Phi) is 0.803. The van der Waals surface area contributed by atoms with Crippen LogP contribution >= 0.6 is 0 Å². The summed E-state index contributed by atoms with van der Waals surface area (Å²) >= 11 is 0. The van der Waals surface area contributed by atoms with Crippen molar-refractivity contribution in [1.82, 2.24) is 0 Å². The molecular weight excluding hydrogens is 120 g/mol. The van der Waals surface area contributed by atoms with E-state index in [0.29, 0.717) is 0 Å². The molecule has 52 valence electrons. The second-order valence-electron chi connectivity index (χ2n) is 4.02. The monoisotopic (exact) mass is 132 g/mol. The Morgan fingerprint density at radius 2 is 2.20 bits per heavy atom. The third-order valence-electron chi connectivity index (χ3n) is 3.07. The predicted molar refractivity (Wildman–Crippen MR) is 41.6 cm³/mol. The first-order valence-electron chi connectivity index (χ1n) is 4.30. The highest BCUT2D eigenvalue weighted by molar-refractivity contribution is 5.35. The van der Waals surface area contributed by atoms with Gasteiger partial charge in [0.15, 0.2) is 0 Å². The van der Waals surface area contributed by atoms with Gasteiger partial charge in [0.05, 0.1) is 0 Å². The van der Waals surface area contributed by atoms with Gasteiger partial charge < -0.3 is 0 Å². The fourth-order valence-corrected chi connectivity index (χ4v) is 2.86. The molecule has 0 spiro atoms. The Labute approximate surface area is 61.6 Å². The Morgan fingerprint density at radius 1 is 1.20 bits per heavy atom. The van der Waals surface area contributed by atoms with E-state index >= 15 is 0 Å². The van der Waals surface area contributed by atoms with Crippen molar-refractivity contribution in [1.29, 1.82) is 0 Å². The molecule has 0 nitrogen and oxygen atoms in total. The summed E-state index contributed by atoms with van der Waals surface area (Å²) in [6.07, 6.45) is 10.6. The molecule has 0 aromatic heterocycles. The summed E-state index contributed by atoms with van der Waals surface area (Å²) in [5, 5.41) is 0. The van der Waals surface area contributed by atoms with Crippen molar-refractivity contribution in [2.75, 3.05) is 0 Å². The van der Waals surface area contributed by atoms with Crippen LogP contribution in [-0.4, -0.2) is 0 Å². The number of hydrogen-bond donors (Lipinski definition) is 0. The quantitative estimate of drug-likeness (QED) is 0.475. The van der Waals surface area contributed by atoms with E-state index in [1.165, 1.54) is 25.7 Å². The molecule has 0 aromatic rings. The summed E-state index contributed by atoms with van der Waals surface area (Å²) in [6, 6.07) is 0. The lowest BCUT2D eigenvalue weighted by atomic mass is 9.67. The number of allylic oxidation sites excluding steroid dienone is 4. The first-order chi connectivity index (χ1) is 4.90. The second kappa shape index (κ2) is 1.55. The molecule has 4 rings (SSSR count). The molecule has 0 saturated heterocycles. The largest absolute Gasteiger partial charge is 0.0779 e. The molecule has 0 N–H and O–H groups in total. The number of hydrogen-bond acceptors (Lipinski definition) is 0. The van der Waals surface area contributed by atoms with E-state index in [9.17, 15) is 0 Å². The van der Waals surface area contributed by atoms with E-state index in [4.69, 9.17) is 0 Å². The van der Waals surface area contributed by atoms with E-state index < -0.39 is 0 Å². The molecule has 0 amide bonds. The maximum absolute atomic E-state index is 2.50. The molecule has 2 atom stereocenters. The summed E-state index contributed by atoms with van der Waals surface area (Å²) in [4.78, 5) is 0. The molecule has 1 saturated carbocycles. The summed E-state index contributed by atoms with van der Waals surface area (Å²) in [5.74, 6) is 1.99. The summed E-state index contributed by atoms with van der Waals surface area (Å²) < 4.78 is 0. The van der Waals surface area contributed by atoms with Crippen molar-refractivity contribution >= 4 is 0 Å². The zero-order valence-corrected chi connectivity index (χ0v) is 6.14. The Bertz CT molecular complexity index is 232. The maximum atomic E-state index is 2.50. The van der Waals surface area contributed by atoms with Crippen LogP contribution in [-0.2, 0) is 0 Å². The number of rotatable bonds is 0. The van der Waals surface area contributed by atoms with Crippen LogP contribution in [0.25, 0.3) is 0 Å². The summed E-state index contributed by atoms with van der Waals surface area (Å²) in [7, 11) is 0. The average molecular weight is 132 g/mol. The van der Waals surface area contributed by atoms with Gasteiger partial charge in [-0.25, -0.2) is 0 Å². The van der Waals surface area contributed by atoms with Gasteiger partial charge in [0.2, 0.25) is 0 Å². The Morgan fingerprint density at radius 3 is 2.90 bits per heavy atom. The molecule has 2 unspecified atom stereocenters. The molecule has 0 aromatic carbocycles. The van der Waals surface area contributed by atoms with E-state index in [-0.39, 0.29) is 0 Å². The lowest BCUT2D eigenvalue weighted by Gasteiger charge is -2.38. The van der Waals surface area contributed by atoms with Crippen LogP contribution in [0.5, 0.6) is 0 Å². The van der Waals surface area contributed by atoms with Crippen molar-refractivity contribution in [2.24, 2.45) is 11.8 Å². The second-order valence-corrected chi connectivity index (χ2v) is 4.02. The van der Waals surface area contributed by atoms with E-state index in [0.717, 1.165) is 11.8 Å². The predicted octanol–water partition coefficient (Wildman–Crippen LogP) is 2.67. The molecule has 0 heteroatoms. The van der Waals surface area contributed by atoms with Crippen LogP contribution in [0.15, 0.2) is 23.3 Å². The van der Waals surface area contributed by atoms with Gasteiger partial charge in [-0.2, -0.15) is 0 Å². The minimum absolute atomic E-state index is 0.947. The van der Waals surface area contributed by atoms with Crippen LogP contribution in [0, 0.1) is 11.8 Å². The molecule has 4 bridgehead atoms. The van der Waals surface area contributed by atoms with E-state index in [1.54, 1.807) is 11.1 Å². The van der Waals surface area contributed by atoms with Crippen molar-refractivity contribution in [3.05, 3.63) is 23.3 Å². The van der Waals surface area contributed by atoms with Crippen molar-refractivity contribution in [2.45, 2.75) is 25.7 Å². The molecule has 10 heavy (non-hydrogen) atoms. The van der Waals surface area contributed by atoms with Crippen molar-refractivity contribution < 1.29 is 0 Å². The molecule has 0 aliphatic heterocycles. The van der Waals surface area contributed by atoms with Crippen LogP contribution in [0.2, 0.25) is 0 Å². The van der Waals surface area contributed by atoms with Gasteiger partial charge in [-0.3, -0.25) is 0 Å². The smallest absolute Gasteiger partial charge is 0.0187 e. The topological polar surface area (TPSA) is 0 Å². The van der Waals surface area contributed by atoms with Gasteiger partial charge >= 0.3 is 0 Å². The van der Waals surface area contributed by atoms with E-state index in [2.05, 4.69) is 12.2 Å². The highest BCUT2D eigenvalue weighted by Crippen LogP contribution is 2.46. The van der Waals surface area contributed by atoms with Crippen LogP contribution in [0.1, 0.15) is 25.7 Å². The summed E-state index contributed by atoms with van der Waals surface area (Å²) in [6.45, 7) is 0. The highest BCUT2D eigenvalue weighted by Gasteiger charge is 2.31. The Hall–Kier alpha value is -0.520. The van der Waals surface area contributed by atoms with Gasteiger partial charge in [0.1, 0.15) is 0 Å². The maximum Gasteiger partial charge on any atom is -0.0187 e. The summed E-state index contributed by atoms with van der Waals surface area (Å²) in [5.41, 5.74) is 3.39. The van der Waals surface area contributed by atoms with Gasteiger partial charge in [-0.05, 0) is 37.5 Å². The SMILES string of the molecule is C1=C2C=C3CC1CC(C2)C3. The van der Waals surface area contributed by atoms with Gasteiger partial charge in [-0.1, -0.05) is 23.3 Å². The Balaban J connectivity index is 2.15. The first-order valence-corrected chi connectivity index (χ1v) is 4.30. The van der Waals surface area contributed by atoms with Gasteiger partial charge in [-0.15, -0.1) is 0 Å². The standard InChI is InChI=1S/C10H12/c1-7-2-9-4-8(1)5-10(3-7)6-9/h1-2,8,10H,3-6H2. The van der Waals surface area contributed by atoms with Crippen LogP contribution in [0.3, 0.4) is 0 Å². The third-order valence-corrected chi connectivity index (χ3v) is 3.07. The van der Waals surface area contributed by atoms with Crippen LogP contribution < -0.4 is 0 Å². The van der Waals surface area contributed by atoms with Crippen LogP contribution in [0.4, 0.5) is 0 Å². The minimum Gasteiger partial charge on any atom is -0.0779 e. The molecular formula is C10H12. The van der Waals surface area contributed by atoms with Gasteiger partial charge in [0, 0.05) is 0 Å². The molecule has 4 aliphatic carbocycles. The molecule has 1 fully saturated rings. The lowest BCUT2D eigenvalue weighted by molar-refractivity contribution is 0.326. The van der Waals surface area contributed by atoms with E-state index in [1.807, 2.05) is 0 Å². The first kappa shape index (κ1) is 5.17. The minimum atomic E-state index is 0.947. The van der Waals surface area contributed by atoms with Crippen molar-refractivity contribution in [3.63, 3.8) is 0 Å². The fraction of sp³-hybridized carbons (Fsp3) is 0.600. The normalized spacial score (nSPS) is 41.6. The molecule has 0 heterocycles. The van der Waals surface area contributed by atoms with Gasteiger partial charge in [0.25, 0.3) is 0 Å². The molecule has 0 radical (unpaired) electrons. The fourth-order valence-electron chi connectivity index (χ4n) is 2.86.